The van der Waals surface area contributed by atoms with Crippen molar-refractivity contribution in [2.45, 2.75) is 26.8 Å². The van der Waals surface area contributed by atoms with E-state index < -0.39 is 5.91 Å². The second-order valence-electron chi connectivity index (χ2n) is 7.14. The van der Waals surface area contributed by atoms with Crippen molar-refractivity contribution in [3.63, 3.8) is 0 Å². The third kappa shape index (κ3) is 3.90. The lowest BCUT2D eigenvalue weighted by molar-refractivity contribution is -0.108. The number of aldehydes is 1. The fourth-order valence-electron chi connectivity index (χ4n) is 3.87. The third-order valence-corrected chi connectivity index (χ3v) is 5.45. The number of nitrogens with zero attached hydrogens (tertiary/aromatic N) is 8. The van der Waals surface area contributed by atoms with Crippen LogP contribution in [0.3, 0.4) is 0 Å². The van der Waals surface area contributed by atoms with E-state index in [2.05, 4.69) is 26.8 Å². The molecule has 2 aromatic rings. The van der Waals surface area contributed by atoms with E-state index in [-0.39, 0.29) is 29.2 Å². The summed E-state index contributed by atoms with van der Waals surface area (Å²) in [6, 6.07) is 0. The Labute approximate surface area is 184 Å². The summed E-state index contributed by atoms with van der Waals surface area (Å²) in [6.07, 6.45) is 2.47. The molecule has 3 heterocycles. The molecule has 12 nitrogen and oxygen atoms in total. The van der Waals surface area contributed by atoms with Gasteiger partial charge in [-0.3, -0.25) is 14.6 Å². The molecule has 1 aliphatic rings. The summed E-state index contributed by atoms with van der Waals surface area (Å²) in [5, 5.41) is 13.9. The van der Waals surface area contributed by atoms with Crippen molar-refractivity contribution >= 4 is 24.6 Å². The van der Waals surface area contributed by atoms with Crippen LogP contribution in [0.5, 0.6) is 5.75 Å². The van der Waals surface area contributed by atoms with Gasteiger partial charge in [0.1, 0.15) is 18.3 Å². The van der Waals surface area contributed by atoms with Crippen LogP contribution >= 0.6 is 0 Å². The zero-order chi connectivity index (χ0) is 23.4. The molecule has 1 amide bonds. The highest BCUT2D eigenvalue weighted by molar-refractivity contribution is 5.95. The Morgan fingerprint density at radius 3 is 2.53 bits per heavy atom. The number of rotatable bonds is 6. The molecule has 12 heteroatoms. The average molecular weight is 442 g/mol. The lowest BCUT2D eigenvalue weighted by Gasteiger charge is -2.36. The van der Waals surface area contributed by atoms with Gasteiger partial charge < -0.3 is 24.3 Å². The Bertz CT molecular complexity index is 1180. The normalized spacial score (nSPS) is 14.5. The Morgan fingerprint density at radius 2 is 1.97 bits per heavy atom. The minimum atomic E-state index is -0.398. The first-order valence-electron chi connectivity index (χ1n) is 10.2. The van der Waals surface area contributed by atoms with Crippen molar-refractivity contribution in [2.75, 3.05) is 38.1 Å². The zero-order valence-electron chi connectivity index (χ0n) is 18.4. The molecular formula is C20H26N8O4. The lowest BCUT2D eigenvalue weighted by atomic mass is 10.2. The van der Waals surface area contributed by atoms with Crippen LogP contribution in [0.1, 0.15) is 28.8 Å². The summed E-state index contributed by atoms with van der Waals surface area (Å²) in [4.78, 5) is 52.7. The summed E-state index contributed by atoms with van der Waals surface area (Å²) < 4.78 is 2.73. The molecule has 0 aliphatic carbocycles. The number of anilines is 1. The number of hydrogen-bond acceptors (Lipinski definition) is 9. The lowest BCUT2D eigenvalue weighted by Crippen LogP contribution is -2.52. The summed E-state index contributed by atoms with van der Waals surface area (Å²) in [5.74, 6) is -0.633. The summed E-state index contributed by atoms with van der Waals surface area (Å²) in [7, 11) is 1.52. The highest BCUT2D eigenvalue weighted by Gasteiger charge is 2.29. The monoisotopic (exact) mass is 442 g/mol. The van der Waals surface area contributed by atoms with Crippen LogP contribution in [0.25, 0.3) is 0 Å². The predicted molar refractivity (Wildman–Crippen MR) is 117 cm³/mol. The standard InChI is InChI=1S/C20H26N8O4/c1-5-14-16(19(32)28(22-4)20(21-3)27(14)10-11-29)25-6-8-26(9-7-25)18(31)15-17(30)13(2)23-12-24-15/h11-12,30H,4-10H2,1-3H3. The maximum atomic E-state index is 13.2. The van der Waals surface area contributed by atoms with Crippen LogP contribution in [-0.4, -0.2) is 81.4 Å². The van der Waals surface area contributed by atoms with Gasteiger partial charge >= 0.3 is 0 Å². The van der Waals surface area contributed by atoms with Crippen molar-refractivity contribution < 1.29 is 14.7 Å². The van der Waals surface area contributed by atoms with Crippen molar-refractivity contribution in [2.24, 2.45) is 10.1 Å². The quantitative estimate of drug-likeness (QED) is 0.455. The molecule has 0 spiro atoms. The first-order chi connectivity index (χ1) is 15.4. The van der Waals surface area contributed by atoms with Gasteiger partial charge in [0.2, 0.25) is 5.62 Å². The molecule has 32 heavy (non-hydrogen) atoms. The number of piperazine rings is 1. The minimum absolute atomic E-state index is 0.0173. The fourth-order valence-corrected chi connectivity index (χ4v) is 3.87. The van der Waals surface area contributed by atoms with Crippen molar-refractivity contribution in [3.8, 4) is 5.75 Å². The molecule has 0 atom stereocenters. The Balaban J connectivity index is 1.96. The van der Waals surface area contributed by atoms with Gasteiger partial charge in [-0.05, 0) is 13.3 Å². The summed E-state index contributed by atoms with van der Waals surface area (Å²) in [5.41, 5.74) is 1.20. The molecule has 0 bridgehead atoms. The number of carbonyl (C=O) groups is 2. The molecule has 1 fully saturated rings. The first kappa shape index (κ1) is 22.8. The van der Waals surface area contributed by atoms with Gasteiger partial charge in [-0.2, -0.15) is 9.78 Å². The van der Waals surface area contributed by atoms with E-state index in [0.717, 1.165) is 11.0 Å². The van der Waals surface area contributed by atoms with Crippen LogP contribution in [-0.2, 0) is 17.8 Å². The van der Waals surface area contributed by atoms with Crippen LogP contribution in [0.2, 0.25) is 0 Å². The highest BCUT2D eigenvalue weighted by Crippen LogP contribution is 2.22. The summed E-state index contributed by atoms with van der Waals surface area (Å²) >= 11 is 0. The predicted octanol–water partition coefficient (Wildman–Crippen LogP) is -0.828. The molecule has 0 radical (unpaired) electrons. The number of amides is 1. The molecule has 0 aromatic carbocycles. The van der Waals surface area contributed by atoms with Crippen molar-refractivity contribution in [3.05, 3.63) is 39.4 Å². The Morgan fingerprint density at radius 1 is 1.28 bits per heavy atom. The van der Waals surface area contributed by atoms with Crippen LogP contribution < -0.4 is 16.1 Å². The van der Waals surface area contributed by atoms with Crippen LogP contribution in [0, 0.1) is 6.92 Å². The van der Waals surface area contributed by atoms with Crippen LogP contribution in [0.4, 0.5) is 5.69 Å². The molecule has 2 aromatic heterocycles. The van der Waals surface area contributed by atoms with E-state index in [1.165, 1.54) is 13.4 Å². The first-order valence-corrected chi connectivity index (χ1v) is 10.2. The maximum absolute atomic E-state index is 13.2. The number of aromatic nitrogens is 4. The smallest absolute Gasteiger partial charge is 0.299 e. The van der Waals surface area contributed by atoms with Gasteiger partial charge in [0.25, 0.3) is 11.5 Å². The fraction of sp³-hybridized carbons (Fsp3) is 0.450. The van der Waals surface area contributed by atoms with E-state index in [1.807, 2.05) is 11.8 Å². The van der Waals surface area contributed by atoms with E-state index in [9.17, 15) is 19.5 Å². The van der Waals surface area contributed by atoms with Gasteiger partial charge in [0.15, 0.2) is 11.4 Å². The SMILES string of the molecule is C=Nn1c(=O)c(N2CCN(C(=O)c3ncnc(C)c3O)CC2)c(CC)n(CC=O)c1=NC. The maximum Gasteiger partial charge on any atom is 0.299 e. The molecule has 0 unspecified atom stereocenters. The zero-order valence-corrected chi connectivity index (χ0v) is 18.4. The summed E-state index contributed by atoms with van der Waals surface area (Å²) in [6.45, 7) is 8.36. The van der Waals surface area contributed by atoms with E-state index in [4.69, 9.17) is 0 Å². The Kier molecular flexibility index (Phi) is 6.81. The largest absolute Gasteiger partial charge is 0.504 e. The van der Waals surface area contributed by atoms with Gasteiger partial charge in [-0.25, -0.2) is 9.97 Å². The molecule has 0 saturated carbocycles. The van der Waals surface area contributed by atoms with Crippen molar-refractivity contribution in [1.82, 2.24) is 24.1 Å². The molecule has 3 rings (SSSR count). The molecule has 1 N–H and O–H groups in total. The van der Waals surface area contributed by atoms with E-state index in [0.29, 0.717) is 49.7 Å². The molecule has 1 aliphatic heterocycles. The molecule has 170 valence electrons. The third-order valence-electron chi connectivity index (χ3n) is 5.45. The number of aromatic hydroxyl groups is 1. The van der Waals surface area contributed by atoms with Gasteiger partial charge in [0, 0.05) is 39.9 Å². The molecular weight excluding hydrogens is 416 g/mol. The van der Waals surface area contributed by atoms with Gasteiger partial charge in [0.05, 0.1) is 17.9 Å². The van der Waals surface area contributed by atoms with Gasteiger partial charge in [-0.1, -0.05) is 6.92 Å². The van der Waals surface area contributed by atoms with E-state index in [1.54, 1.807) is 16.4 Å². The number of aryl methyl sites for hydroxylation is 1. The number of hydrogen-bond donors (Lipinski definition) is 1. The van der Waals surface area contributed by atoms with E-state index >= 15 is 0 Å². The topological polar surface area (TPSA) is 138 Å². The van der Waals surface area contributed by atoms with Crippen LogP contribution in [0.15, 0.2) is 21.2 Å². The van der Waals surface area contributed by atoms with Crippen molar-refractivity contribution in [1.29, 1.82) is 0 Å². The second-order valence-corrected chi connectivity index (χ2v) is 7.14. The average Bonchev–Trinajstić information content (AvgIpc) is 2.81. The molecule has 1 saturated heterocycles. The Hall–Kier alpha value is -3.83. The second kappa shape index (κ2) is 9.54. The minimum Gasteiger partial charge on any atom is -0.504 e. The number of carbonyl (C=O) groups excluding carboxylic acids is 2. The highest BCUT2D eigenvalue weighted by atomic mass is 16.3. The van der Waals surface area contributed by atoms with Gasteiger partial charge in [-0.15, -0.1) is 0 Å².